The number of hydrogen-bond donors (Lipinski definition) is 1. The van der Waals surface area contributed by atoms with Crippen LogP contribution < -0.4 is 0 Å². The zero-order valence-corrected chi connectivity index (χ0v) is 18.8. The second-order valence-electron chi connectivity index (χ2n) is 9.30. The lowest BCUT2D eigenvalue weighted by molar-refractivity contribution is -0.133. The fourth-order valence-electron chi connectivity index (χ4n) is 3.48. The van der Waals surface area contributed by atoms with Gasteiger partial charge in [-0.1, -0.05) is 27.7 Å². The Bertz CT molecular complexity index is 429. The molecule has 0 aliphatic heterocycles. The lowest BCUT2D eigenvalue weighted by Crippen LogP contribution is -2.45. The predicted octanol–water partition coefficient (Wildman–Crippen LogP) is 4.43. The summed E-state index contributed by atoms with van der Waals surface area (Å²) in [5.41, 5.74) is 0. The molecular weight excluding hydrogens is 330 g/mol. The van der Waals surface area contributed by atoms with E-state index in [9.17, 15) is 9.90 Å². The molecule has 1 aliphatic rings. The van der Waals surface area contributed by atoms with Gasteiger partial charge in [0.05, 0.1) is 6.10 Å². The van der Waals surface area contributed by atoms with Crippen molar-refractivity contribution in [3.63, 3.8) is 0 Å². The van der Waals surface area contributed by atoms with Crippen molar-refractivity contribution >= 4 is 14.2 Å². The highest BCUT2D eigenvalue weighted by atomic mass is 28.4. The van der Waals surface area contributed by atoms with E-state index in [1.165, 1.54) is 0 Å². The third-order valence-corrected chi connectivity index (χ3v) is 10.9. The number of carbonyl (C=O) groups is 1. The average Bonchev–Trinajstić information content (AvgIpc) is 2.60. The van der Waals surface area contributed by atoms with Gasteiger partial charge in [0, 0.05) is 25.6 Å². The van der Waals surface area contributed by atoms with Gasteiger partial charge in [0.2, 0.25) is 5.91 Å². The second-order valence-corrected chi connectivity index (χ2v) is 14.1. The van der Waals surface area contributed by atoms with Crippen LogP contribution in [0.15, 0.2) is 0 Å². The van der Waals surface area contributed by atoms with E-state index < -0.39 is 14.4 Å². The van der Waals surface area contributed by atoms with Crippen molar-refractivity contribution < 1.29 is 14.3 Å². The normalized spacial score (nSPS) is 28.5. The van der Waals surface area contributed by atoms with E-state index in [4.69, 9.17) is 4.43 Å². The van der Waals surface area contributed by atoms with Crippen molar-refractivity contribution in [1.82, 2.24) is 4.90 Å². The van der Waals surface area contributed by atoms with Gasteiger partial charge >= 0.3 is 0 Å². The van der Waals surface area contributed by atoms with Gasteiger partial charge in [0.25, 0.3) is 0 Å². The Labute approximate surface area is 156 Å². The van der Waals surface area contributed by atoms with E-state index in [1.807, 2.05) is 18.7 Å². The van der Waals surface area contributed by atoms with E-state index in [1.54, 1.807) is 0 Å². The summed E-state index contributed by atoms with van der Waals surface area (Å²) < 4.78 is 6.66. The average molecular weight is 372 g/mol. The highest BCUT2D eigenvalue weighted by molar-refractivity contribution is 6.74. The molecule has 0 spiro atoms. The van der Waals surface area contributed by atoms with Crippen LogP contribution in [-0.4, -0.2) is 49.5 Å². The molecule has 1 N–H and O–H groups in total. The standard InChI is InChI=1S/C20H41NO3Si/c1-9-21(10-2)19(23)14-16-11-12-18(15(3)13-17(16)22)24-25(7,8)20(4,5)6/h15-18,22H,9-14H2,1-8H3/t15-,16+,17+,18-/m0/s1. The summed E-state index contributed by atoms with van der Waals surface area (Å²) in [5.74, 6) is 0.562. The molecule has 0 unspecified atom stereocenters. The zero-order valence-electron chi connectivity index (χ0n) is 17.8. The van der Waals surface area contributed by atoms with Gasteiger partial charge in [0.15, 0.2) is 8.32 Å². The first-order chi connectivity index (χ1) is 11.4. The van der Waals surface area contributed by atoms with Gasteiger partial charge in [0.1, 0.15) is 0 Å². The first-order valence-electron chi connectivity index (χ1n) is 10.1. The molecule has 4 atom stereocenters. The number of hydrogen-bond acceptors (Lipinski definition) is 3. The Morgan fingerprint density at radius 2 is 1.76 bits per heavy atom. The molecule has 1 fully saturated rings. The molecule has 0 heterocycles. The highest BCUT2D eigenvalue weighted by Gasteiger charge is 2.41. The highest BCUT2D eigenvalue weighted by Crippen LogP contribution is 2.40. The third kappa shape index (κ3) is 6.07. The van der Waals surface area contributed by atoms with Crippen LogP contribution in [0.3, 0.4) is 0 Å². The molecule has 1 amide bonds. The van der Waals surface area contributed by atoms with Crippen LogP contribution in [0.1, 0.15) is 67.2 Å². The lowest BCUT2D eigenvalue weighted by Gasteiger charge is -2.40. The number of rotatable bonds is 6. The van der Waals surface area contributed by atoms with E-state index in [-0.39, 0.29) is 23.0 Å². The first kappa shape index (κ1) is 22.6. The molecule has 0 aromatic heterocycles. The Kier molecular flexibility index (Phi) is 8.16. The minimum atomic E-state index is -1.82. The van der Waals surface area contributed by atoms with Gasteiger partial charge in [-0.3, -0.25) is 4.79 Å². The molecule has 4 nitrogen and oxygen atoms in total. The van der Waals surface area contributed by atoms with Crippen LogP contribution >= 0.6 is 0 Å². The maximum Gasteiger partial charge on any atom is 0.222 e. The molecule has 0 saturated heterocycles. The summed E-state index contributed by atoms with van der Waals surface area (Å²) in [6.45, 7) is 19.1. The van der Waals surface area contributed by atoms with Crippen LogP contribution in [0.25, 0.3) is 0 Å². The van der Waals surface area contributed by atoms with Gasteiger partial charge in [-0.25, -0.2) is 0 Å². The largest absolute Gasteiger partial charge is 0.414 e. The molecule has 25 heavy (non-hydrogen) atoms. The van der Waals surface area contributed by atoms with Crippen LogP contribution in [0, 0.1) is 11.8 Å². The fourth-order valence-corrected chi connectivity index (χ4v) is 4.94. The lowest BCUT2D eigenvalue weighted by atomic mass is 9.92. The molecule has 1 rings (SSSR count). The molecule has 0 aromatic rings. The molecule has 0 aromatic carbocycles. The van der Waals surface area contributed by atoms with Crippen molar-refractivity contribution in [3.8, 4) is 0 Å². The van der Waals surface area contributed by atoms with Gasteiger partial charge < -0.3 is 14.4 Å². The second kappa shape index (κ2) is 9.00. The molecule has 0 radical (unpaired) electrons. The van der Waals surface area contributed by atoms with Crippen molar-refractivity contribution in [2.45, 2.75) is 97.6 Å². The number of carbonyl (C=O) groups excluding carboxylic acids is 1. The van der Waals surface area contributed by atoms with E-state index >= 15 is 0 Å². The Morgan fingerprint density at radius 3 is 2.24 bits per heavy atom. The van der Waals surface area contributed by atoms with Crippen LogP contribution in [0.4, 0.5) is 0 Å². The Morgan fingerprint density at radius 1 is 1.20 bits per heavy atom. The fraction of sp³-hybridized carbons (Fsp3) is 0.950. The van der Waals surface area contributed by atoms with E-state index in [0.29, 0.717) is 12.3 Å². The minimum absolute atomic E-state index is 0.0589. The monoisotopic (exact) mass is 371 g/mol. The summed E-state index contributed by atoms with van der Waals surface area (Å²) in [5, 5.41) is 10.8. The molecular formula is C20H41NO3Si. The predicted molar refractivity (Wildman–Crippen MR) is 107 cm³/mol. The van der Waals surface area contributed by atoms with Gasteiger partial charge in [-0.05, 0) is 63.1 Å². The number of nitrogens with zero attached hydrogens (tertiary/aromatic N) is 1. The van der Waals surface area contributed by atoms with E-state index in [0.717, 1.165) is 32.4 Å². The maximum atomic E-state index is 12.4. The number of aliphatic hydroxyl groups excluding tert-OH is 1. The molecule has 148 valence electrons. The molecule has 1 aliphatic carbocycles. The van der Waals surface area contributed by atoms with Crippen LogP contribution in [0.2, 0.25) is 18.1 Å². The van der Waals surface area contributed by atoms with Crippen molar-refractivity contribution in [3.05, 3.63) is 0 Å². The quantitative estimate of drug-likeness (QED) is 0.555. The summed E-state index contributed by atoms with van der Waals surface area (Å²) >= 11 is 0. The SMILES string of the molecule is CCN(CC)C(=O)C[C@H]1CC[C@H](O[Si](C)(C)C(C)(C)C)[C@@H](C)C[C@H]1O. The smallest absolute Gasteiger partial charge is 0.222 e. The summed E-state index contributed by atoms with van der Waals surface area (Å²) in [7, 11) is -1.82. The van der Waals surface area contributed by atoms with Crippen molar-refractivity contribution in [2.24, 2.45) is 11.8 Å². The zero-order chi connectivity index (χ0) is 19.4. The van der Waals surface area contributed by atoms with Crippen LogP contribution in [0.5, 0.6) is 0 Å². The third-order valence-electron chi connectivity index (χ3n) is 6.42. The minimum Gasteiger partial charge on any atom is -0.414 e. The molecule has 5 heteroatoms. The van der Waals surface area contributed by atoms with Crippen LogP contribution in [-0.2, 0) is 9.22 Å². The Hall–Kier alpha value is -0.393. The topological polar surface area (TPSA) is 49.8 Å². The summed E-state index contributed by atoms with van der Waals surface area (Å²) in [6, 6.07) is 0. The van der Waals surface area contributed by atoms with Crippen molar-refractivity contribution in [1.29, 1.82) is 0 Å². The van der Waals surface area contributed by atoms with E-state index in [2.05, 4.69) is 40.8 Å². The summed E-state index contributed by atoms with van der Waals surface area (Å²) in [4.78, 5) is 14.3. The van der Waals surface area contributed by atoms with Crippen molar-refractivity contribution in [2.75, 3.05) is 13.1 Å². The first-order valence-corrected chi connectivity index (χ1v) is 13.0. The number of aliphatic hydroxyl groups is 1. The summed E-state index contributed by atoms with van der Waals surface area (Å²) in [6.07, 6.45) is 2.81. The van der Waals surface area contributed by atoms with Gasteiger partial charge in [-0.2, -0.15) is 0 Å². The molecule has 1 saturated carbocycles. The maximum absolute atomic E-state index is 12.4. The number of amides is 1. The Balaban J connectivity index is 2.76. The molecule has 0 bridgehead atoms. The van der Waals surface area contributed by atoms with Gasteiger partial charge in [-0.15, -0.1) is 0 Å².